The Kier molecular flexibility index (Phi) is 12.3. The third-order valence-corrected chi connectivity index (χ3v) is 4.06. The molecule has 0 aliphatic heterocycles. The van der Waals surface area contributed by atoms with Gasteiger partial charge in [-0.15, -0.1) is 0 Å². The first-order chi connectivity index (χ1) is 9.69. The number of rotatable bonds is 6. The number of hydrogen-bond donors (Lipinski definition) is 0. The van der Waals surface area contributed by atoms with Gasteiger partial charge in [0.2, 0.25) is 0 Å². The van der Waals surface area contributed by atoms with Crippen LogP contribution in [0, 0.1) is 12.2 Å². The van der Waals surface area contributed by atoms with Crippen molar-refractivity contribution < 1.29 is 26.2 Å². The standard InChI is InChI=1S/2C10H15.Zr/c2*1-3-4-7-10-8-5-6-9(10)2;/h2*5H,3-4,7-8H2,1-2H3;/q2*-1;+2. The van der Waals surface area contributed by atoms with E-state index in [2.05, 4.69) is 52.0 Å². The Bertz CT molecular complexity index is 368. The molecule has 0 bridgehead atoms. The van der Waals surface area contributed by atoms with Gasteiger partial charge in [-0.05, 0) is 0 Å². The summed E-state index contributed by atoms with van der Waals surface area (Å²) in [4.78, 5) is 0. The first kappa shape index (κ1) is 20.8. The number of allylic oxidation sites excluding steroid dienone is 8. The fraction of sp³-hybridized carbons (Fsp3) is 0.600. The average Bonchev–Trinajstić information content (AvgIpc) is 3.04. The normalized spacial score (nSPS) is 16.2. The molecular formula is C20H30Zr. The molecule has 2 aliphatic rings. The topological polar surface area (TPSA) is 0 Å². The van der Waals surface area contributed by atoms with Crippen LogP contribution in [0.15, 0.2) is 34.4 Å². The summed E-state index contributed by atoms with van der Waals surface area (Å²) in [5.41, 5.74) is 5.96. The van der Waals surface area contributed by atoms with Gasteiger partial charge in [-0.2, -0.15) is 12.2 Å². The van der Waals surface area contributed by atoms with E-state index in [9.17, 15) is 0 Å². The second-order valence-corrected chi connectivity index (χ2v) is 5.77. The van der Waals surface area contributed by atoms with E-state index < -0.39 is 0 Å². The molecule has 0 spiro atoms. The van der Waals surface area contributed by atoms with Crippen LogP contribution in [-0.4, -0.2) is 0 Å². The van der Waals surface area contributed by atoms with Crippen LogP contribution >= 0.6 is 0 Å². The average molecular weight is 362 g/mol. The SMILES string of the molecule is CCCCC1=C(C)[C-]=CC1.CCCCC1=C(C)[C-]=CC1.[Zr+2]. The Morgan fingerprint density at radius 2 is 1.19 bits per heavy atom. The molecule has 0 radical (unpaired) electrons. The van der Waals surface area contributed by atoms with Gasteiger partial charge in [0, 0.05) is 0 Å². The van der Waals surface area contributed by atoms with E-state index >= 15 is 0 Å². The molecule has 0 N–H and O–H groups in total. The van der Waals surface area contributed by atoms with Gasteiger partial charge in [0.25, 0.3) is 0 Å². The Morgan fingerprint density at radius 1 is 0.810 bits per heavy atom. The van der Waals surface area contributed by atoms with E-state index in [0.717, 1.165) is 12.8 Å². The molecule has 0 atom stereocenters. The van der Waals surface area contributed by atoms with Crippen molar-refractivity contribution in [3.05, 3.63) is 46.6 Å². The second kappa shape index (κ2) is 12.4. The smallest absolute Gasteiger partial charge is 0.253 e. The Morgan fingerprint density at radius 3 is 1.43 bits per heavy atom. The summed E-state index contributed by atoms with van der Waals surface area (Å²) in [6, 6.07) is 0. The molecular weight excluding hydrogens is 331 g/mol. The van der Waals surface area contributed by atoms with Crippen molar-refractivity contribution in [2.45, 2.75) is 79.1 Å². The predicted octanol–water partition coefficient (Wildman–Crippen LogP) is 6.51. The first-order valence-corrected chi connectivity index (χ1v) is 8.22. The van der Waals surface area contributed by atoms with Crippen molar-refractivity contribution in [3.63, 3.8) is 0 Å². The molecule has 21 heavy (non-hydrogen) atoms. The summed E-state index contributed by atoms with van der Waals surface area (Å²) in [5.74, 6) is 0. The molecule has 0 aromatic rings. The zero-order chi connectivity index (χ0) is 14.8. The van der Waals surface area contributed by atoms with Crippen LogP contribution in [-0.2, 0) is 26.2 Å². The molecule has 2 rings (SSSR count). The first-order valence-electron chi connectivity index (χ1n) is 8.22. The third-order valence-electron chi connectivity index (χ3n) is 4.06. The van der Waals surface area contributed by atoms with E-state index in [1.807, 2.05) is 0 Å². The van der Waals surface area contributed by atoms with Crippen LogP contribution in [0.5, 0.6) is 0 Å². The summed E-state index contributed by atoms with van der Waals surface area (Å²) < 4.78 is 0. The molecule has 0 saturated heterocycles. The van der Waals surface area contributed by atoms with E-state index in [1.54, 1.807) is 11.1 Å². The van der Waals surface area contributed by atoms with Crippen LogP contribution < -0.4 is 0 Å². The van der Waals surface area contributed by atoms with Gasteiger partial charge in [-0.25, -0.2) is 22.3 Å². The van der Waals surface area contributed by atoms with Crippen LogP contribution in [0.4, 0.5) is 0 Å². The van der Waals surface area contributed by atoms with Crippen LogP contribution in [0.2, 0.25) is 0 Å². The van der Waals surface area contributed by atoms with E-state index in [1.165, 1.54) is 49.7 Å². The maximum absolute atomic E-state index is 3.23. The molecule has 0 fully saturated rings. The third kappa shape index (κ3) is 8.15. The molecule has 0 nitrogen and oxygen atoms in total. The fourth-order valence-electron chi connectivity index (χ4n) is 2.52. The molecule has 0 aromatic heterocycles. The summed E-state index contributed by atoms with van der Waals surface area (Å²) in [6.45, 7) is 8.80. The van der Waals surface area contributed by atoms with Crippen LogP contribution in [0.1, 0.15) is 79.1 Å². The van der Waals surface area contributed by atoms with Gasteiger partial charge in [-0.1, -0.05) is 79.1 Å². The van der Waals surface area contributed by atoms with Crippen LogP contribution in [0.25, 0.3) is 0 Å². The molecule has 1 heteroatoms. The van der Waals surface area contributed by atoms with Gasteiger partial charge < -0.3 is 0 Å². The summed E-state index contributed by atoms with van der Waals surface area (Å²) in [7, 11) is 0. The molecule has 114 valence electrons. The fourth-order valence-corrected chi connectivity index (χ4v) is 2.52. The molecule has 0 aromatic carbocycles. The maximum atomic E-state index is 3.23. The van der Waals surface area contributed by atoms with Gasteiger partial charge >= 0.3 is 26.2 Å². The Labute approximate surface area is 151 Å². The minimum Gasteiger partial charge on any atom is -0.253 e. The Hall–Kier alpha value is -0.157. The molecule has 0 heterocycles. The van der Waals surface area contributed by atoms with Crippen molar-refractivity contribution in [3.8, 4) is 0 Å². The molecule has 0 saturated carbocycles. The van der Waals surface area contributed by atoms with E-state index in [-0.39, 0.29) is 26.2 Å². The molecule has 2 aliphatic carbocycles. The minimum atomic E-state index is 0. The van der Waals surface area contributed by atoms with Crippen molar-refractivity contribution in [2.24, 2.45) is 0 Å². The van der Waals surface area contributed by atoms with Crippen molar-refractivity contribution in [1.29, 1.82) is 0 Å². The number of unbranched alkanes of at least 4 members (excludes halogenated alkanes) is 2. The minimum absolute atomic E-state index is 0. The van der Waals surface area contributed by atoms with Gasteiger partial charge in [0.05, 0.1) is 0 Å². The second-order valence-electron chi connectivity index (χ2n) is 5.77. The molecule has 0 unspecified atom stereocenters. The summed E-state index contributed by atoms with van der Waals surface area (Å²) >= 11 is 0. The zero-order valence-corrected chi connectivity index (χ0v) is 16.8. The summed E-state index contributed by atoms with van der Waals surface area (Å²) in [5, 5.41) is 0. The Balaban J connectivity index is 0.000000364. The largest absolute Gasteiger partial charge is 2.00 e. The van der Waals surface area contributed by atoms with Gasteiger partial charge in [-0.3, -0.25) is 12.2 Å². The van der Waals surface area contributed by atoms with E-state index in [4.69, 9.17) is 0 Å². The zero-order valence-electron chi connectivity index (χ0n) is 14.3. The quantitative estimate of drug-likeness (QED) is 0.473. The monoisotopic (exact) mass is 360 g/mol. The van der Waals surface area contributed by atoms with Crippen molar-refractivity contribution in [1.82, 2.24) is 0 Å². The number of hydrogen-bond acceptors (Lipinski definition) is 0. The van der Waals surface area contributed by atoms with Gasteiger partial charge in [0.1, 0.15) is 0 Å². The van der Waals surface area contributed by atoms with Crippen LogP contribution in [0.3, 0.4) is 0 Å². The molecule has 0 amide bonds. The van der Waals surface area contributed by atoms with Gasteiger partial charge in [0.15, 0.2) is 0 Å². The van der Waals surface area contributed by atoms with Crippen molar-refractivity contribution >= 4 is 0 Å². The summed E-state index contributed by atoms with van der Waals surface area (Å²) in [6.07, 6.45) is 20.9. The maximum Gasteiger partial charge on any atom is 2.00 e. The van der Waals surface area contributed by atoms with E-state index in [0.29, 0.717) is 0 Å². The van der Waals surface area contributed by atoms with Crippen molar-refractivity contribution in [2.75, 3.05) is 0 Å². The predicted molar refractivity (Wildman–Crippen MR) is 89.3 cm³/mol.